The highest BCUT2D eigenvalue weighted by Gasteiger charge is 2.32. The maximum atomic E-state index is 13.5. The van der Waals surface area contributed by atoms with Crippen LogP contribution in [-0.2, 0) is 32.0 Å². The molecule has 3 atom stereocenters. The molecule has 0 unspecified atom stereocenters. The van der Waals surface area contributed by atoms with Crippen molar-refractivity contribution in [2.45, 2.75) is 69.8 Å². The van der Waals surface area contributed by atoms with Crippen LogP contribution in [0.5, 0.6) is 5.75 Å². The number of benzene rings is 2. The summed E-state index contributed by atoms with van der Waals surface area (Å²) in [6, 6.07) is 12.6. The Morgan fingerprint density at radius 1 is 1.00 bits per heavy atom. The first-order chi connectivity index (χ1) is 19.5. The van der Waals surface area contributed by atoms with Crippen molar-refractivity contribution in [1.82, 2.24) is 21.3 Å². The van der Waals surface area contributed by atoms with Crippen LogP contribution >= 0.6 is 0 Å². The summed E-state index contributed by atoms with van der Waals surface area (Å²) in [4.78, 5) is 51.4. The first-order valence-electron chi connectivity index (χ1n) is 13.5. The molecule has 0 aliphatic carbocycles. The van der Waals surface area contributed by atoms with E-state index in [1.54, 1.807) is 24.3 Å². The zero-order valence-corrected chi connectivity index (χ0v) is 22.8. The fourth-order valence-electron chi connectivity index (χ4n) is 4.44. The van der Waals surface area contributed by atoms with E-state index in [2.05, 4.69) is 16.0 Å². The first kappa shape index (κ1) is 31.4. The highest BCUT2D eigenvalue weighted by atomic mass is 19.4. The van der Waals surface area contributed by atoms with E-state index >= 15 is 0 Å². The smallest absolute Gasteiger partial charge is 0.405 e. The molecule has 0 fully saturated rings. The summed E-state index contributed by atoms with van der Waals surface area (Å²) in [6.07, 6.45) is -2.78. The third kappa shape index (κ3) is 11.1. The van der Waals surface area contributed by atoms with Gasteiger partial charge >= 0.3 is 6.18 Å². The summed E-state index contributed by atoms with van der Waals surface area (Å²) in [7, 11) is 0. The van der Waals surface area contributed by atoms with Crippen molar-refractivity contribution >= 4 is 23.6 Å². The molecule has 0 radical (unpaired) electrons. The molecule has 4 amide bonds. The van der Waals surface area contributed by atoms with Crippen molar-refractivity contribution in [3.05, 3.63) is 65.7 Å². The largest absolute Gasteiger partial charge is 0.494 e. The van der Waals surface area contributed by atoms with Gasteiger partial charge in [-0.15, -0.1) is 0 Å². The van der Waals surface area contributed by atoms with Gasteiger partial charge in [-0.1, -0.05) is 42.5 Å². The number of amides is 4. The van der Waals surface area contributed by atoms with Crippen molar-refractivity contribution < 1.29 is 37.1 Å². The summed E-state index contributed by atoms with van der Waals surface area (Å²) < 4.78 is 44.3. The van der Waals surface area contributed by atoms with Crippen molar-refractivity contribution in [2.75, 3.05) is 13.2 Å². The minimum Gasteiger partial charge on any atom is -0.494 e. The third-order valence-electron chi connectivity index (χ3n) is 6.48. The van der Waals surface area contributed by atoms with Crippen LogP contribution in [0, 0.1) is 0 Å². The number of hydrogen-bond acceptors (Lipinski definition) is 5. The molecule has 2 aromatic carbocycles. The molecular formula is C29H35F3N4O5. The molecule has 4 N–H and O–H groups in total. The fraction of sp³-hybridized carbons (Fsp3) is 0.448. The van der Waals surface area contributed by atoms with Crippen molar-refractivity contribution in [3.63, 3.8) is 0 Å². The van der Waals surface area contributed by atoms with Crippen LogP contribution < -0.4 is 26.0 Å². The summed E-state index contributed by atoms with van der Waals surface area (Å²) >= 11 is 0. The van der Waals surface area contributed by atoms with Gasteiger partial charge in [-0.2, -0.15) is 13.2 Å². The van der Waals surface area contributed by atoms with Gasteiger partial charge in [0.05, 0.1) is 6.61 Å². The number of aryl methyl sites for hydroxylation is 1. The predicted molar refractivity (Wildman–Crippen MR) is 145 cm³/mol. The Morgan fingerprint density at radius 2 is 1.76 bits per heavy atom. The highest BCUT2D eigenvalue weighted by Crippen LogP contribution is 2.17. The van der Waals surface area contributed by atoms with Gasteiger partial charge in [-0.3, -0.25) is 19.2 Å². The van der Waals surface area contributed by atoms with Gasteiger partial charge in [-0.25, -0.2) is 0 Å². The second-order valence-corrected chi connectivity index (χ2v) is 9.93. The molecule has 2 aromatic rings. The van der Waals surface area contributed by atoms with Gasteiger partial charge in [-0.05, 0) is 55.4 Å². The van der Waals surface area contributed by atoms with E-state index < -0.39 is 54.5 Å². The van der Waals surface area contributed by atoms with E-state index in [9.17, 15) is 32.3 Å². The monoisotopic (exact) mass is 576 g/mol. The molecule has 9 nitrogen and oxygen atoms in total. The third-order valence-corrected chi connectivity index (χ3v) is 6.48. The van der Waals surface area contributed by atoms with Gasteiger partial charge in [0, 0.05) is 13.3 Å². The van der Waals surface area contributed by atoms with Crippen LogP contribution in [-0.4, -0.2) is 61.1 Å². The van der Waals surface area contributed by atoms with Crippen molar-refractivity contribution in [1.29, 1.82) is 0 Å². The van der Waals surface area contributed by atoms with Crippen LogP contribution in [0.3, 0.4) is 0 Å². The number of alkyl halides is 3. The van der Waals surface area contributed by atoms with Gasteiger partial charge in [0.1, 0.15) is 30.4 Å². The molecule has 12 heteroatoms. The lowest BCUT2D eigenvalue weighted by Gasteiger charge is -2.26. The maximum Gasteiger partial charge on any atom is 0.405 e. The van der Waals surface area contributed by atoms with E-state index in [4.69, 9.17) is 4.74 Å². The van der Waals surface area contributed by atoms with E-state index in [1.807, 2.05) is 35.6 Å². The SMILES string of the molecule is CC(=O)N[C@H]1CCCCOc2cccc(c2)C[C@@H](C(=O)NCC(F)(F)F)NC(=O)[C@H](CCc2ccccc2)NC1=O. The quantitative estimate of drug-likeness (QED) is 0.421. The number of nitrogens with one attached hydrogen (secondary N) is 4. The minimum absolute atomic E-state index is 0.111. The normalized spacial score (nSPS) is 20.6. The Hall–Kier alpha value is -4.09. The molecule has 0 spiro atoms. The van der Waals surface area contributed by atoms with Crippen molar-refractivity contribution in [2.24, 2.45) is 0 Å². The molecular weight excluding hydrogens is 541 g/mol. The van der Waals surface area contributed by atoms with Crippen LogP contribution in [0.2, 0.25) is 0 Å². The molecule has 2 bridgehead atoms. The standard InChI is InChI=1S/C29H35F3N4O5/c1-19(37)34-23-12-5-6-15-41-22-11-7-10-21(16-22)17-25(26(38)33-18-29(30,31)32)36-28(40)24(35-27(23)39)14-13-20-8-3-2-4-9-20/h2-4,7-11,16,23-25H,5-6,12-15,17-18H2,1H3,(H,33,38)(H,34,37)(H,35,39)(H,36,40)/t23-,24-,25-/m0/s1. The molecule has 41 heavy (non-hydrogen) atoms. The van der Waals surface area contributed by atoms with Crippen LogP contribution in [0.15, 0.2) is 54.6 Å². The Kier molecular flexibility index (Phi) is 11.5. The van der Waals surface area contributed by atoms with Gasteiger partial charge in [0.25, 0.3) is 0 Å². The van der Waals surface area contributed by atoms with Crippen LogP contribution in [0.4, 0.5) is 13.2 Å². The number of hydrogen-bond donors (Lipinski definition) is 4. The number of rotatable bonds is 6. The number of ether oxygens (including phenoxy) is 1. The van der Waals surface area contributed by atoms with Gasteiger partial charge in [0.15, 0.2) is 0 Å². The summed E-state index contributed by atoms with van der Waals surface area (Å²) in [5.74, 6) is -2.26. The number of fused-ring (bicyclic) bond motifs is 2. The van der Waals surface area contributed by atoms with E-state index in [0.717, 1.165) is 5.56 Å². The molecule has 0 saturated heterocycles. The second kappa shape index (κ2) is 15.1. The molecule has 1 aliphatic heterocycles. The second-order valence-electron chi connectivity index (χ2n) is 9.93. The number of halogens is 3. The average Bonchev–Trinajstić information content (AvgIpc) is 2.92. The number of carbonyl (C=O) groups excluding carboxylic acids is 4. The zero-order valence-electron chi connectivity index (χ0n) is 22.8. The minimum atomic E-state index is -4.64. The molecule has 1 heterocycles. The average molecular weight is 577 g/mol. The molecule has 222 valence electrons. The lowest BCUT2D eigenvalue weighted by Crippen LogP contribution is -2.57. The zero-order chi connectivity index (χ0) is 29.8. The fourth-order valence-corrected chi connectivity index (χ4v) is 4.44. The molecule has 1 aliphatic rings. The van der Waals surface area contributed by atoms with Crippen molar-refractivity contribution in [3.8, 4) is 5.75 Å². The van der Waals surface area contributed by atoms with Crippen LogP contribution in [0.25, 0.3) is 0 Å². The predicted octanol–water partition coefficient (Wildman–Crippen LogP) is 2.58. The maximum absolute atomic E-state index is 13.5. The van der Waals surface area contributed by atoms with E-state index in [1.165, 1.54) is 6.92 Å². The number of carbonyl (C=O) groups is 4. The highest BCUT2D eigenvalue weighted by molar-refractivity contribution is 5.94. The van der Waals surface area contributed by atoms with Gasteiger partial charge < -0.3 is 26.0 Å². The van der Waals surface area contributed by atoms with Crippen LogP contribution in [0.1, 0.15) is 43.7 Å². The first-order valence-corrected chi connectivity index (χ1v) is 13.5. The Morgan fingerprint density at radius 3 is 2.46 bits per heavy atom. The van der Waals surface area contributed by atoms with E-state index in [0.29, 0.717) is 43.6 Å². The summed E-state index contributed by atoms with van der Waals surface area (Å²) in [5, 5.41) is 9.68. The molecule has 3 rings (SSSR count). The van der Waals surface area contributed by atoms with Gasteiger partial charge in [0.2, 0.25) is 23.6 Å². The summed E-state index contributed by atoms with van der Waals surface area (Å²) in [5.41, 5.74) is 1.47. The molecule has 0 aromatic heterocycles. The summed E-state index contributed by atoms with van der Waals surface area (Å²) in [6.45, 7) is 0.0455. The Balaban J connectivity index is 1.91. The lowest BCUT2D eigenvalue weighted by molar-refractivity contribution is -0.141. The lowest BCUT2D eigenvalue weighted by atomic mass is 10.0. The Bertz CT molecular complexity index is 1190. The van der Waals surface area contributed by atoms with E-state index in [-0.39, 0.29) is 12.8 Å². The Labute approximate surface area is 236 Å². The molecule has 0 saturated carbocycles. The topological polar surface area (TPSA) is 126 Å².